The molecule has 1 N–H and O–H groups in total. The van der Waals surface area contributed by atoms with E-state index in [4.69, 9.17) is 27.6 Å². The molecule has 0 atom stereocenters. The van der Waals surface area contributed by atoms with E-state index in [2.05, 4.69) is 5.32 Å². The summed E-state index contributed by atoms with van der Waals surface area (Å²) in [6.45, 7) is 4.29. The summed E-state index contributed by atoms with van der Waals surface area (Å²) in [7, 11) is 0. The lowest BCUT2D eigenvalue weighted by Crippen LogP contribution is -2.29. The summed E-state index contributed by atoms with van der Waals surface area (Å²) in [5.74, 6) is -0.118. The molecule has 3 nitrogen and oxygen atoms in total. The molecule has 1 aromatic carbocycles. The van der Waals surface area contributed by atoms with Crippen molar-refractivity contribution in [3.05, 3.63) is 35.1 Å². The first kappa shape index (κ1) is 14.2. The first-order valence-corrected chi connectivity index (χ1v) is 6.87. The van der Waals surface area contributed by atoms with Crippen LogP contribution in [0, 0.1) is 13.8 Å². The van der Waals surface area contributed by atoms with E-state index in [0.717, 1.165) is 22.1 Å². The molecule has 0 saturated carbocycles. The van der Waals surface area contributed by atoms with Gasteiger partial charge in [0.25, 0.3) is 0 Å². The van der Waals surface area contributed by atoms with Gasteiger partial charge in [-0.25, -0.2) is 0 Å². The zero-order valence-electron chi connectivity index (χ0n) is 10.8. The second-order valence-corrected chi connectivity index (χ2v) is 5.79. The molecule has 102 valence electrons. The van der Waals surface area contributed by atoms with Crippen LogP contribution in [-0.2, 0) is 11.2 Å². The maximum absolute atomic E-state index is 11.7. The highest BCUT2D eigenvalue weighted by Gasteiger charge is 2.13. The summed E-state index contributed by atoms with van der Waals surface area (Å²) in [5.41, 5.74) is 3.99. The van der Waals surface area contributed by atoms with Crippen LogP contribution in [0.5, 0.6) is 0 Å². The molecule has 0 spiro atoms. The average molecular weight is 300 g/mol. The van der Waals surface area contributed by atoms with Crippen molar-refractivity contribution in [2.45, 2.75) is 25.1 Å². The van der Waals surface area contributed by atoms with E-state index >= 15 is 0 Å². The van der Waals surface area contributed by atoms with Crippen LogP contribution < -0.4 is 5.32 Å². The Morgan fingerprint density at radius 1 is 1.37 bits per heavy atom. The molecule has 0 aliphatic carbocycles. The Kier molecular flexibility index (Phi) is 4.38. The largest absolute Gasteiger partial charge is 0.464 e. The summed E-state index contributed by atoms with van der Waals surface area (Å²) >= 11 is 11.1. The van der Waals surface area contributed by atoms with Gasteiger partial charge in [0.05, 0.1) is 12.7 Å². The molecule has 1 amide bonds. The Labute approximate surface area is 121 Å². The molecule has 5 heteroatoms. The van der Waals surface area contributed by atoms with Crippen LogP contribution in [0.15, 0.2) is 22.8 Å². The van der Waals surface area contributed by atoms with Crippen molar-refractivity contribution in [3.8, 4) is 0 Å². The van der Waals surface area contributed by atoms with Crippen LogP contribution in [0.3, 0.4) is 0 Å². The van der Waals surface area contributed by atoms with Gasteiger partial charge in [0.1, 0.15) is 10.4 Å². The maximum Gasteiger partial charge on any atom is 0.224 e. The van der Waals surface area contributed by atoms with Gasteiger partial charge in [-0.2, -0.15) is 0 Å². The lowest BCUT2D eigenvalue weighted by molar-refractivity contribution is -0.120. The van der Waals surface area contributed by atoms with Crippen molar-refractivity contribution in [3.63, 3.8) is 0 Å². The quantitative estimate of drug-likeness (QED) is 0.878. The van der Waals surface area contributed by atoms with Gasteiger partial charge in [-0.15, -0.1) is 23.2 Å². The lowest BCUT2D eigenvalue weighted by Gasteiger charge is -2.05. The fourth-order valence-electron chi connectivity index (χ4n) is 1.95. The van der Waals surface area contributed by atoms with E-state index in [1.165, 1.54) is 5.56 Å². The minimum absolute atomic E-state index is 0.118. The van der Waals surface area contributed by atoms with Crippen LogP contribution in [0.2, 0.25) is 0 Å². The van der Waals surface area contributed by atoms with Gasteiger partial charge in [-0.05, 0) is 25.0 Å². The van der Waals surface area contributed by atoms with Gasteiger partial charge >= 0.3 is 0 Å². The number of fused-ring (bicyclic) bond motifs is 1. The monoisotopic (exact) mass is 299 g/mol. The minimum atomic E-state index is -0.588. The second-order valence-electron chi connectivity index (χ2n) is 4.52. The highest BCUT2D eigenvalue weighted by atomic mass is 35.5. The second kappa shape index (κ2) is 5.85. The lowest BCUT2D eigenvalue weighted by atomic mass is 10.0. The van der Waals surface area contributed by atoms with E-state index < -0.39 is 4.84 Å². The van der Waals surface area contributed by atoms with E-state index in [-0.39, 0.29) is 18.9 Å². The zero-order valence-corrected chi connectivity index (χ0v) is 12.3. The average Bonchev–Trinajstić information content (AvgIpc) is 2.75. The summed E-state index contributed by atoms with van der Waals surface area (Å²) in [5, 5.41) is 3.64. The number of aryl methyl sites for hydroxylation is 2. The highest BCUT2D eigenvalue weighted by Crippen LogP contribution is 2.26. The first-order chi connectivity index (χ1) is 8.99. The van der Waals surface area contributed by atoms with E-state index in [0.29, 0.717) is 0 Å². The number of carbonyl (C=O) groups is 1. The molecule has 0 aliphatic rings. The third kappa shape index (κ3) is 3.23. The Balaban J connectivity index is 2.18. The number of amides is 1. The van der Waals surface area contributed by atoms with Crippen molar-refractivity contribution in [2.24, 2.45) is 0 Å². The molecule has 2 aromatic rings. The number of benzene rings is 1. The van der Waals surface area contributed by atoms with Gasteiger partial charge in [0.2, 0.25) is 5.91 Å². The molecule has 0 unspecified atom stereocenters. The van der Waals surface area contributed by atoms with Gasteiger partial charge in [-0.1, -0.05) is 12.1 Å². The fraction of sp³-hybridized carbons (Fsp3) is 0.357. The van der Waals surface area contributed by atoms with Crippen LogP contribution in [0.1, 0.15) is 16.7 Å². The summed E-state index contributed by atoms with van der Waals surface area (Å²) in [6, 6.07) is 4.01. The number of rotatable bonds is 4. The first-order valence-electron chi connectivity index (χ1n) is 6.00. The number of carbonyl (C=O) groups excluding carboxylic acids is 1. The third-order valence-electron chi connectivity index (χ3n) is 3.15. The van der Waals surface area contributed by atoms with Gasteiger partial charge in [0, 0.05) is 17.5 Å². The zero-order chi connectivity index (χ0) is 14.0. The minimum Gasteiger partial charge on any atom is -0.464 e. The van der Waals surface area contributed by atoms with Crippen LogP contribution in [0.4, 0.5) is 0 Å². The Bertz CT molecular complexity index is 605. The van der Waals surface area contributed by atoms with E-state index in [9.17, 15) is 4.79 Å². The van der Waals surface area contributed by atoms with Crippen molar-refractivity contribution in [2.75, 3.05) is 6.54 Å². The molecule has 0 bridgehead atoms. The fourth-order valence-corrected chi connectivity index (χ4v) is 2.11. The molecule has 1 aromatic heterocycles. The normalized spacial score (nSPS) is 11.2. The molecule has 0 fully saturated rings. The Morgan fingerprint density at radius 2 is 2.11 bits per heavy atom. The molecule has 0 aliphatic heterocycles. The topological polar surface area (TPSA) is 42.2 Å². The predicted octanol–water partition coefficient (Wildman–Crippen LogP) is 3.51. The molecule has 1 heterocycles. The molecular formula is C14H15Cl2NO2. The number of nitrogens with one attached hydrogen (secondary N) is 1. The van der Waals surface area contributed by atoms with Crippen LogP contribution in [0.25, 0.3) is 11.0 Å². The smallest absolute Gasteiger partial charge is 0.224 e. The van der Waals surface area contributed by atoms with E-state index in [1.807, 2.05) is 26.0 Å². The number of furan rings is 1. The summed E-state index contributed by atoms with van der Waals surface area (Å²) in [6.07, 6.45) is 1.89. The van der Waals surface area contributed by atoms with Gasteiger partial charge in [0.15, 0.2) is 0 Å². The van der Waals surface area contributed by atoms with Gasteiger partial charge < -0.3 is 9.73 Å². The predicted molar refractivity (Wildman–Crippen MR) is 77.9 cm³/mol. The number of hydrogen-bond acceptors (Lipinski definition) is 2. The number of alkyl halides is 2. The Hall–Kier alpha value is -1.19. The molecule has 0 saturated heterocycles. The van der Waals surface area contributed by atoms with Crippen molar-refractivity contribution in [1.82, 2.24) is 5.32 Å². The van der Waals surface area contributed by atoms with Crippen molar-refractivity contribution in [1.29, 1.82) is 0 Å². The molecule has 0 radical (unpaired) electrons. The molecule has 19 heavy (non-hydrogen) atoms. The Morgan fingerprint density at radius 3 is 2.79 bits per heavy atom. The summed E-state index contributed by atoms with van der Waals surface area (Å²) < 4.78 is 5.55. The SMILES string of the molecule is Cc1ccc2c(CC(=O)NCC(Cl)Cl)coc2c1C. The van der Waals surface area contributed by atoms with Crippen molar-refractivity contribution < 1.29 is 9.21 Å². The third-order valence-corrected chi connectivity index (χ3v) is 3.45. The number of hydrogen-bond donors (Lipinski definition) is 1. The highest BCUT2D eigenvalue weighted by molar-refractivity contribution is 6.44. The van der Waals surface area contributed by atoms with Crippen LogP contribution in [-0.4, -0.2) is 17.3 Å². The van der Waals surface area contributed by atoms with E-state index in [1.54, 1.807) is 6.26 Å². The standard InChI is InChI=1S/C14H15Cl2NO2/c1-8-3-4-11-10(7-19-14(11)9(8)2)5-13(18)17-6-12(15)16/h3-4,7,12H,5-6H2,1-2H3,(H,17,18). The number of halogens is 2. The molecular weight excluding hydrogens is 285 g/mol. The van der Waals surface area contributed by atoms with Crippen molar-refractivity contribution >= 4 is 40.1 Å². The molecule has 2 rings (SSSR count). The van der Waals surface area contributed by atoms with Crippen LogP contribution >= 0.6 is 23.2 Å². The summed E-state index contributed by atoms with van der Waals surface area (Å²) in [4.78, 5) is 11.2. The maximum atomic E-state index is 11.7. The van der Waals surface area contributed by atoms with Gasteiger partial charge in [-0.3, -0.25) is 4.79 Å².